The molecule has 6 nitrogen and oxygen atoms in total. The van der Waals surface area contributed by atoms with Gasteiger partial charge in [-0.2, -0.15) is 0 Å². The molecule has 0 aliphatic rings. The van der Waals surface area contributed by atoms with Crippen molar-refractivity contribution >= 4 is 25.5 Å². The predicted octanol–water partition coefficient (Wildman–Crippen LogP) is 0.473. The van der Waals surface area contributed by atoms with Gasteiger partial charge in [-0.1, -0.05) is 17.9 Å². The molecule has 0 aromatic heterocycles. The van der Waals surface area contributed by atoms with Crippen molar-refractivity contribution in [3.05, 3.63) is 29.3 Å². The summed E-state index contributed by atoms with van der Waals surface area (Å²) in [6.07, 6.45) is 1.12. The Morgan fingerprint density at radius 1 is 1.24 bits per heavy atom. The molecule has 1 rings (SSSR count). The van der Waals surface area contributed by atoms with Gasteiger partial charge in [-0.15, -0.1) is 0 Å². The van der Waals surface area contributed by atoms with Crippen molar-refractivity contribution in [3.63, 3.8) is 0 Å². The van der Waals surface area contributed by atoms with Gasteiger partial charge < -0.3 is 5.11 Å². The molecule has 0 saturated carbocycles. The fraction of sp³-hybridized carbons (Fsp3) is 0.385. The largest absolute Gasteiger partial charge is 0.395 e. The predicted molar refractivity (Wildman–Crippen MR) is 82.0 cm³/mol. The summed E-state index contributed by atoms with van der Waals surface area (Å²) >= 11 is 0. The third kappa shape index (κ3) is 6.62. The van der Waals surface area contributed by atoms with Gasteiger partial charge in [-0.05, 0) is 24.6 Å². The van der Waals surface area contributed by atoms with Crippen molar-refractivity contribution in [1.29, 1.82) is 0 Å². The van der Waals surface area contributed by atoms with Gasteiger partial charge in [0.2, 0.25) is 10.0 Å². The van der Waals surface area contributed by atoms with Crippen molar-refractivity contribution < 1.29 is 21.9 Å². The van der Waals surface area contributed by atoms with Gasteiger partial charge in [-0.25, -0.2) is 16.8 Å². The van der Waals surface area contributed by atoms with E-state index >= 15 is 0 Å². The van der Waals surface area contributed by atoms with E-state index in [9.17, 15) is 16.8 Å². The van der Waals surface area contributed by atoms with E-state index in [1.165, 1.54) is 6.07 Å². The third-order valence-electron chi connectivity index (χ3n) is 2.27. The van der Waals surface area contributed by atoms with Crippen LogP contribution in [-0.2, 0) is 19.9 Å². The Kier molecular flexibility index (Phi) is 5.78. The zero-order chi connectivity index (χ0) is 16.1. The number of sulfonamides is 1. The first-order valence-corrected chi connectivity index (χ1v) is 9.73. The van der Waals surface area contributed by atoms with Gasteiger partial charge in [-0.3, -0.25) is 4.72 Å². The maximum absolute atomic E-state index is 11.8. The molecule has 0 saturated heterocycles. The van der Waals surface area contributed by atoms with E-state index in [1.54, 1.807) is 12.1 Å². The van der Waals surface area contributed by atoms with Gasteiger partial charge >= 0.3 is 0 Å². The second-order valence-corrected chi connectivity index (χ2v) is 8.81. The SMILES string of the molecule is Cc1ccc(NS(=O)(=O)CS(C)(=O)=O)c(C#CCCO)c1. The fourth-order valence-electron chi connectivity index (χ4n) is 1.54. The Balaban J connectivity index is 3.12. The van der Waals surface area contributed by atoms with Crippen LogP contribution in [0.5, 0.6) is 0 Å². The van der Waals surface area contributed by atoms with E-state index in [1.807, 2.05) is 6.92 Å². The monoisotopic (exact) mass is 331 g/mol. The lowest BCUT2D eigenvalue weighted by Gasteiger charge is -2.09. The molecule has 2 N–H and O–H groups in total. The fourth-order valence-corrected chi connectivity index (χ4v) is 4.55. The number of benzene rings is 1. The first-order chi connectivity index (χ1) is 9.63. The van der Waals surface area contributed by atoms with E-state index in [2.05, 4.69) is 16.6 Å². The van der Waals surface area contributed by atoms with E-state index in [-0.39, 0.29) is 18.7 Å². The van der Waals surface area contributed by atoms with Crippen LogP contribution in [0.4, 0.5) is 5.69 Å². The lowest BCUT2D eigenvalue weighted by atomic mass is 10.1. The molecule has 0 unspecified atom stereocenters. The Bertz CT molecular complexity index is 771. The highest BCUT2D eigenvalue weighted by Gasteiger charge is 2.19. The van der Waals surface area contributed by atoms with Crippen molar-refractivity contribution in [2.45, 2.75) is 13.3 Å². The van der Waals surface area contributed by atoms with Gasteiger partial charge in [0.1, 0.15) is 0 Å². The Labute approximate surface area is 125 Å². The van der Waals surface area contributed by atoms with E-state index in [4.69, 9.17) is 5.11 Å². The number of nitrogens with one attached hydrogen (secondary N) is 1. The molecule has 1 aromatic rings. The van der Waals surface area contributed by atoms with Crippen LogP contribution in [0.1, 0.15) is 17.5 Å². The molecular weight excluding hydrogens is 314 g/mol. The second-order valence-electron chi connectivity index (χ2n) is 4.58. The van der Waals surface area contributed by atoms with Crippen LogP contribution < -0.4 is 4.72 Å². The Morgan fingerprint density at radius 2 is 1.90 bits per heavy atom. The van der Waals surface area contributed by atoms with Gasteiger partial charge in [0, 0.05) is 18.2 Å². The summed E-state index contributed by atoms with van der Waals surface area (Å²) < 4.78 is 48.1. The maximum Gasteiger partial charge on any atom is 0.247 e. The second kappa shape index (κ2) is 6.93. The van der Waals surface area contributed by atoms with Crippen molar-refractivity contribution in [2.75, 3.05) is 22.7 Å². The Hall–Kier alpha value is -1.56. The first kappa shape index (κ1) is 17.5. The zero-order valence-corrected chi connectivity index (χ0v) is 13.4. The summed E-state index contributed by atoms with van der Waals surface area (Å²) in [6, 6.07) is 4.90. The molecule has 8 heteroatoms. The topological polar surface area (TPSA) is 101 Å². The van der Waals surface area contributed by atoms with Crippen LogP contribution in [0, 0.1) is 18.8 Å². The molecule has 21 heavy (non-hydrogen) atoms. The summed E-state index contributed by atoms with van der Waals surface area (Å²) in [5, 5.41) is 7.71. The van der Waals surface area contributed by atoms with Crippen LogP contribution in [0.3, 0.4) is 0 Å². The number of anilines is 1. The minimum Gasteiger partial charge on any atom is -0.395 e. The van der Waals surface area contributed by atoms with Crippen molar-refractivity contribution in [3.8, 4) is 11.8 Å². The number of hydrogen-bond acceptors (Lipinski definition) is 5. The van der Waals surface area contributed by atoms with Crippen LogP contribution >= 0.6 is 0 Å². The Morgan fingerprint density at radius 3 is 2.48 bits per heavy atom. The van der Waals surface area contributed by atoms with E-state index in [0.717, 1.165) is 11.8 Å². The van der Waals surface area contributed by atoms with Crippen LogP contribution in [0.2, 0.25) is 0 Å². The molecule has 0 aliphatic carbocycles. The summed E-state index contributed by atoms with van der Waals surface area (Å²) in [5.41, 5.74) is 1.53. The number of rotatable bonds is 5. The number of aliphatic hydroxyl groups is 1. The molecule has 0 atom stereocenters. The first-order valence-electron chi connectivity index (χ1n) is 6.01. The number of sulfone groups is 1. The lowest BCUT2D eigenvalue weighted by molar-refractivity contribution is 0.305. The normalized spacial score (nSPS) is 11.6. The average Bonchev–Trinajstić information content (AvgIpc) is 2.29. The summed E-state index contributed by atoms with van der Waals surface area (Å²) in [4.78, 5) is 0. The number of aryl methyl sites for hydroxylation is 1. The molecule has 116 valence electrons. The summed E-state index contributed by atoms with van der Waals surface area (Å²) in [7, 11) is -7.68. The maximum atomic E-state index is 11.8. The molecule has 0 amide bonds. The van der Waals surface area contributed by atoms with E-state index < -0.39 is 24.9 Å². The third-order valence-corrected chi connectivity index (χ3v) is 5.75. The summed E-state index contributed by atoms with van der Waals surface area (Å²) in [6.45, 7) is 1.74. The molecule has 0 bridgehead atoms. The highest BCUT2D eigenvalue weighted by Crippen LogP contribution is 2.18. The van der Waals surface area contributed by atoms with Crippen LogP contribution in [-0.4, -0.2) is 39.9 Å². The van der Waals surface area contributed by atoms with Crippen molar-refractivity contribution in [1.82, 2.24) is 0 Å². The molecule has 0 aliphatic heterocycles. The van der Waals surface area contributed by atoms with Crippen molar-refractivity contribution in [2.24, 2.45) is 0 Å². The van der Waals surface area contributed by atoms with Crippen LogP contribution in [0.15, 0.2) is 18.2 Å². The summed E-state index contributed by atoms with van der Waals surface area (Å²) in [5.74, 6) is 5.45. The average molecular weight is 331 g/mol. The lowest BCUT2D eigenvalue weighted by Crippen LogP contribution is -2.22. The smallest absolute Gasteiger partial charge is 0.247 e. The molecule has 0 spiro atoms. The molecular formula is C13H17NO5S2. The number of hydrogen-bond donors (Lipinski definition) is 2. The number of aliphatic hydroxyl groups excluding tert-OH is 1. The minimum absolute atomic E-state index is 0.0893. The minimum atomic E-state index is -4.01. The van der Waals surface area contributed by atoms with Gasteiger partial charge in [0.05, 0.1) is 12.3 Å². The highest BCUT2D eigenvalue weighted by atomic mass is 32.3. The highest BCUT2D eigenvalue weighted by molar-refractivity contribution is 8.08. The molecule has 0 fully saturated rings. The van der Waals surface area contributed by atoms with Crippen LogP contribution in [0.25, 0.3) is 0 Å². The quantitative estimate of drug-likeness (QED) is 0.764. The zero-order valence-electron chi connectivity index (χ0n) is 11.8. The molecule has 1 aromatic carbocycles. The standard InChI is InChI=1S/C13H17NO5S2/c1-11-6-7-13(12(9-11)5-3-4-8-15)14-21(18,19)10-20(2,16)17/h6-7,9,14-15H,4,8,10H2,1-2H3. The molecule has 0 heterocycles. The van der Waals surface area contributed by atoms with Gasteiger partial charge in [0.15, 0.2) is 14.9 Å². The van der Waals surface area contributed by atoms with Gasteiger partial charge in [0.25, 0.3) is 0 Å². The van der Waals surface area contributed by atoms with E-state index in [0.29, 0.717) is 5.56 Å². The molecule has 0 radical (unpaired) electrons.